The fourth-order valence-electron chi connectivity index (χ4n) is 2.72. The van der Waals surface area contributed by atoms with E-state index < -0.39 is 20.8 Å². The largest absolute Gasteiger partial charge is 0.456 e. The van der Waals surface area contributed by atoms with Crippen LogP contribution in [0.25, 0.3) is 0 Å². The summed E-state index contributed by atoms with van der Waals surface area (Å²) in [6, 6.07) is 15.4. The predicted molar refractivity (Wildman–Crippen MR) is 113 cm³/mol. The number of ether oxygens (including phenoxy) is 1. The van der Waals surface area contributed by atoms with E-state index in [0.29, 0.717) is 22.7 Å². The molecule has 0 aliphatic carbocycles. The van der Waals surface area contributed by atoms with Crippen LogP contribution in [-0.4, -0.2) is 24.0 Å². The summed E-state index contributed by atoms with van der Waals surface area (Å²) in [5.74, 6) is -0.226. The van der Waals surface area contributed by atoms with Crippen LogP contribution in [0.3, 0.4) is 0 Å². The zero-order valence-electron chi connectivity index (χ0n) is 16.4. The number of carbonyl (C=O) groups is 1. The van der Waals surface area contributed by atoms with Gasteiger partial charge in [0.1, 0.15) is 16.4 Å². The average Bonchev–Trinajstić information content (AvgIpc) is 2.74. The Bertz CT molecular complexity index is 1200. The Morgan fingerprint density at radius 1 is 0.935 bits per heavy atom. The van der Waals surface area contributed by atoms with Gasteiger partial charge in [-0.2, -0.15) is 8.42 Å². The molecule has 3 rings (SSSR count). The minimum absolute atomic E-state index is 0.0306. The number of rotatable bonds is 8. The van der Waals surface area contributed by atoms with Crippen molar-refractivity contribution < 1.29 is 37.1 Å². The molecule has 0 saturated heterocycles. The Kier molecular flexibility index (Phi) is 7.11. The number of aryl methyl sites for hydroxylation is 2. The van der Waals surface area contributed by atoms with Crippen molar-refractivity contribution >= 4 is 27.9 Å². The summed E-state index contributed by atoms with van der Waals surface area (Å²) in [6.07, 6.45) is 0. The lowest BCUT2D eigenvalue weighted by atomic mass is 10.0. The highest BCUT2D eigenvalue weighted by atomic mass is 32.2. The molecule has 0 spiro atoms. The highest BCUT2D eigenvalue weighted by molar-refractivity contribution is 7.94. The fourth-order valence-corrected chi connectivity index (χ4v) is 3.84. The fraction of sp³-hybridized carbons (Fsp3) is 0.0952. The van der Waals surface area contributed by atoms with Gasteiger partial charge in [0.15, 0.2) is 5.78 Å². The molecule has 3 aromatic carbocycles. The van der Waals surface area contributed by atoms with Crippen molar-refractivity contribution in [1.82, 2.24) is 0 Å². The van der Waals surface area contributed by atoms with Gasteiger partial charge < -0.3 is 4.74 Å². The molecule has 0 unspecified atom stereocenters. The maximum absolute atomic E-state index is 12.9. The highest BCUT2D eigenvalue weighted by Crippen LogP contribution is 2.31. The Balaban J connectivity index is 1.97. The molecule has 0 aliphatic heterocycles. The van der Waals surface area contributed by atoms with Gasteiger partial charge in [-0.25, -0.2) is 5.26 Å². The van der Waals surface area contributed by atoms with Gasteiger partial charge in [0.25, 0.3) is 10.1 Å². The van der Waals surface area contributed by atoms with Crippen LogP contribution in [0.5, 0.6) is 11.5 Å². The summed E-state index contributed by atoms with van der Waals surface area (Å²) in [7, 11) is -4.67. The van der Waals surface area contributed by atoms with E-state index in [2.05, 4.69) is 9.37 Å². The monoisotopic (exact) mass is 462 g/mol. The van der Waals surface area contributed by atoms with E-state index in [-0.39, 0.29) is 16.9 Å². The molecule has 0 fully saturated rings. The molecular weight excluding hydrogens is 444 g/mol. The molecule has 162 valence electrons. The highest BCUT2D eigenvalue weighted by Gasteiger charge is 2.21. The first-order valence-corrected chi connectivity index (χ1v) is 11.0. The summed E-state index contributed by atoms with van der Waals surface area (Å²) in [5, 5.41) is 11.9. The van der Waals surface area contributed by atoms with Crippen molar-refractivity contribution in [2.45, 2.75) is 23.6 Å². The van der Waals surface area contributed by atoms with Gasteiger partial charge in [-0.05, 0) is 55.8 Å². The van der Waals surface area contributed by atoms with Crippen molar-refractivity contribution in [2.24, 2.45) is 0 Å². The van der Waals surface area contributed by atoms with Crippen molar-refractivity contribution in [1.29, 1.82) is 0 Å². The molecule has 8 nitrogen and oxygen atoms in total. The SMILES string of the molecule is Cc1ccc(Oc2ccc(C(=O)c3ccc(C)c(SOOO)c3)cc2S(=O)(=O)O)cc1. The molecule has 0 heterocycles. The normalized spacial score (nSPS) is 11.4. The van der Waals surface area contributed by atoms with E-state index in [1.165, 1.54) is 18.2 Å². The predicted octanol–water partition coefficient (Wildman–Crippen LogP) is 5.00. The van der Waals surface area contributed by atoms with Crippen molar-refractivity contribution in [3.63, 3.8) is 0 Å². The number of hydrogen-bond acceptors (Lipinski definition) is 8. The maximum Gasteiger partial charge on any atom is 0.298 e. The molecular formula is C21H18O8S2. The molecule has 2 N–H and O–H groups in total. The number of ketones is 1. The molecule has 0 saturated carbocycles. The van der Waals surface area contributed by atoms with Gasteiger partial charge >= 0.3 is 0 Å². The first-order chi connectivity index (χ1) is 14.7. The molecule has 0 aromatic heterocycles. The molecule has 10 heteroatoms. The van der Waals surface area contributed by atoms with Crippen LogP contribution >= 0.6 is 12.0 Å². The van der Waals surface area contributed by atoms with Crippen molar-refractivity contribution in [3.8, 4) is 11.5 Å². The van der Waals surface area contributed by atoms with Gasteiger partial charge in [0.05, 0.1) is 12.0 Å². The lowest BCUT2D eigenvalue weighted by Gasteiger charge is -2.12. The molecule has 31 heavy (non-hydrogen) atoms. The molecule has 0 amide bonds. The summed E-state index contributed by atoms with van der Waals surface area (Å²) in [4.78, 5) is 12.9. The smallest absolute Gasteiger partial charge is 0.298 e. The Labute approximate surface area is 183 Å². The van der Waals surface area contributed by atoms with Gasteiger partial charge in [0.2, 0.25) is 0 Å². The summed E-state index contributed by atoms with van der Waals surface area (Å²) in [5.41, 5.74) is 2.03. The summed E-state index contributed by atoms with van der Waals surface area (Å²) in [6.45, 7) is 3.66. The quantitative estimate of drug-likeness (QED) is 0.157. The van der Waals surface area contributed by atoms with Gasteiger partial charge in [0, 0.05) is 16.0 Å². The van der Waals surface area contributed by atoms with Crippen LogP contribution < -0.4 is 4.74 Å². The Morgan fingerprint density at radius 3 is 2.23 bits per heavy atom. The van der Waals surface area contributed by atoms with Crippen LogP contribution in [0.15, 0.2) is 70.5 Å². The number of carbonyl (C=O) groups excluding carboxylic acids is 1. The van der Waals surface area contributed by atoms with E-state index >= 15 is 0 Å². The van der Waals surface area contributed by atoms with Crippen LogP contribution in [-0.2, 0) is 19.5 Å². The average molecular weight is 463 g/mol. The van der Waals surface area contributed by atoms with Crippen LogP contribution in [0.2, 0.25) is 0 Å². The first kappa shape index (κ1) is 22.9. The third-order valence-electron chi connectivity index (χ3n) is 4.34. The zero-order valence-corrected chi connectivity index (χ0v) is 18.1. The summed E-state index contributed by atoms with van der Waals surface area (Å²) >= 11 is 0.706. The molecule has 0 bridgehead atoms. The lowest BCUT2D eigenvalue weighted by Crippen LogP contribution is -2.07. The Morgan fingerprint density at radius 2 is 1.58 bits per heavy atom. The maximum atomic E-state index is 12.9. The van der Waals surface area contributed by atoms with E-state index in [0.717, 1.165) is 17.2 Å². The second-order valence-electron chi connectivity index (χ2n) is 6.59. The molecule has 0 atom stereocenters. The summed E-state index contributed by atoms with van der Waals surface area (Å²) < 4.78 is 43.6. The van der Waals surface area contributed by atoms with Crippen LogP contribution in [0, 0.1) is 13.8 Å². The van der Waals surface area contributed by atoms with Gasteiger partial charge in [-0.3, -0.25) is 9.35 Å². The van der Waals surface area contributed by atoms with E-state index in [1.807, 2.05) is 6.92 Å². The second-order valence-corrected chi connectivity index (χ2v) is 8.72. The number of benzene rings is 3. The third-order valence-corrected chi connectivity index (χ3v) is 5.96. The minimum atomic E-state index is -4.67. The van der Waals surface area contributed by atoms with Gasteiger partial charge in [-0.1, -0.05) is 34.9 Å². The molecule has 0 aliphatic rings. The zero-order chi connectivity index (χ0) is 22.6. The van der Waals surface area contributed by atoms with Gasteiger partial charge in [-0.15, -0.1) is 4.33 Å². The van der Waals surface area contributed by atoms with E-state index in [9.17, 15) is 17.8 Å². The van der Waals surface area contributed by atoms with Crippen LogP contribution in [0.1, 0.15) is 27.0 Å². The van der Waals surface area contributed by atoms with Crippen molar-refractivity contribution in [2.75, 3.05) is 0 Å². The van der Waals surface area contributed by atoms with E-state index in [4.69, 9.17) is 9.99 Å². The standard InChI is InChI=1S/C21H18O8S2/c1-13-3-8-17(9-4-13)27-18-10-7-16(12-20(18)31(24,25)26)21(22)15-6-5-14(2)19(11-15)30-29-28-23/h3-12,23H,1-2H3,(H,24,25,26). The van der Waals surface area contributed by atoms with E-state index in [1.54, 1.807) is 43.3 Å². The number of hydrogen-bond donors (Lipinski definition) is 2. The van der Waals surface area contributed by atoms with Crippen LogP contribution in [0.4, 0.5) is 0 Å². The second kappa shape index (κ2) is 9.60. The topological polar surface area (TPSA) is 119 Å². The lowest BCUT2D eigenvalue weighted by molar-refractivity contribution is -0.432. The third kappa shape index (κ3) is 5.70. The molecule has 3 aromatic rings. The first-order valence-electron chi connectivity index (χ1n) is 8.85. The Hall–Kier alpha value is -2.73. The molecule has 0 radical (unpaired) electrons. The minimum Gasteiger partial charge on any atom is -0.456 e. The van der Waals surface area contributed by atoms with Crippen molar-refractivity contribution in [3.05, 3.63) is 82.9 Å².